The first kappa shape index (κ1) is 31.0. The van der Waals surface area contributed by atoms with Gasteiger partial charge in [-0.25, -0.2) is 10.5 Å². The Balaban J connectivity index is 1.91. The Morgan fingerprint density at radius 2 is 1.20 bits per heavy atom. The number of rotatable bonds is 14. The van der Waals surface area contributed by atoms with Gasteiger partial charge in [-0.1, -0.05) is 112 Å². The van der Waals surface area contributed by atoms with Crippen LogP contribution in [-0.2, 0) is 14.5 Å². The summed E-state index contributed by atoms with van der Waals surface area (Å²) in [7, 11) is 0. The zero-order chi connectivity index (χ0) is 29.0. The van der Waals surface area contributed by atoms with Gasteiger partial charge in [-0.15, -0.1) is 0 Å². The highest BCUT2D eigenvalue weighted by Gasteiger charge is 2.07. The van der Waals surface area contributed by atoms with E-state index in [1.165, 1.54) is 49.4 Å². The molecular weight excluding hydrogens is 516 g/mol. The summed E-state index contributed by atoms with van der Waals surface area (Å²) in [5, 5.41) is 16.9. The maximum atomic E-state index is 8.52. The number of unbranched alkanes of at least 4 members (excludes halogenated alkanes) is 4. The summed E-state index contributed by atoms with van der Waals surface area (Å²) in [4.78, 5) is 7.83. The molecule has 1 aliphatic carbocycles. The van der Waals surface area contributed by atoms with Crippen LogP contribution in [0.5, 0.6) is 5.75 Å². The van der Waals surface area contributed by atoms with Crippen molar-refractivity contribution in [3.63, 3.8) is 0 Å². The number of hydrogen-bond donors (Lipinski definition) is 2. The molecule has 0 fully saturated rings. The largest absolute Gasteiger partial charge is 0.462 e. The third kappa shape index (κ3) is 11.2. The van der Waals surface area contributed by atoms with Crippen molar-refractivity contribution >= 4 is 5.57 Å². The normalized spacial score (nSPS) is 19.9. The van der Waals surface area contributed by atoms with Crippen LogP contribution in [0.25, 0.3) is 16.7 Å². The van der Waals surface area contributed by atoms with Gasteiger partial charge < -0.3 is 19.2 Å². The van der Waals surface area contributed by atoms with Crippen LogP contribution in [0.4, 0.5) is 0 Å². The van der Waals surface area contributed by atoms with Crippen molar-refractivity contribution in [2.75, 3.05) is 0 Å². The van der Waals surface area contributed by atoms with E-state index in [0.29, 0.717) is 11.5 Å². The first-order chi connectivity index (χ1) is 20.2. The second kappa shape index (κ2) is 18.7. The van der Waals surface area contributed by atoms with Gasteiger partial charge in [0.1, 0.15) is 24.0 Å². The van der Waals surface area contributed by atoms with Crippen molar-refractivity contribution in [2.24, 2.45) is 0 Å². The lowest BCUT2D eigenvalue weighted by molar-refractivity contribution is -0.188. The van der Waals surface area contributed by atoms with Crippen LogP contribution in [0, 0.1) is 0 Å². The molecular formula is C35H38O6. The smallest absolute Gasteiger partial charge is 0.164 e. The zero-order valence-corrected chi connectivity index (χ0v) is 23.4. The highest BCUT2D eigenvalue weighted by molar-refractivity contribution is 5.80. The Bertz CT molecular complexity index is 1290. The molecule has 6 heteroatoms. The third-order valence-electron chi connectivity index (χ3n) is 6.33. The minimum Gasteiger partial charge on any atom is -0.462 e. The van der Waals surface area contributed by atoms with Gasteiger partial charge in [-0.3, -0.25) is 0 Å². The van der Waals surface area contributed by atoms with E-state index < -0.39 is 0 Å². The molecule has 6 nitrogen and oxygen atoms in total. The quantitative estimate of drug-likeness (QED) is 0.105. The van der Waals surface area contributed by atoms with Crippen LogP contribution >= 0.6 is 0 Å². The van der Waals surface area contributed by atoms with Crippen molar-refractivity contribution in [1.29, 1.82) is 0 Å². The zero-order valence-electron chi connectivity index (χ0n) is 23.4. The highest BCUT2D eigenvalue weighted by Crippen LogP contribution is 2.29. The first-order valence-corrected chi connectivity index (χ1v) is 13.8. The second-order valence-corrected chi connectivity index (χ2v) is 9.23. The fourth-order valence-corrected chi connectivity index (χ4v) is 4.27. The molecule has 0 aromatic heterocycles. The monoisotopic (exact) mass is 554 g/mol. The average Bonchev–Trinajstić information content (AvgIpc) is 2.99. The van der Waals surface area contributed by atoms with Crippen LogP contribution in [0.2, 0.25) is 0 Å². The van der Waals surface area contributed by atoms with E-state index in [0.717, 1.165) is 42.1 Å². The van der Waals surface area contributed by atoms with E-state index in [2.05, 4.69) is 59.2 Å². The lowest BCUT2D eigenvalue weighted by Crippen LogP contribution is -1.91. The predicted octanol–water partition coefficient (Wildman–Crippen LogP) is 9.91. The molecule has 0 saturated heterocycles. The molecule has 2 aromatic rings. The molecule has 0 aliphatic heterocycles. The van der Waals surface area contributed by atoms with Crippen molar-refractivity contribution in [2.45, 2.75) is 45.4 Å². The van der Waals surface area contributed by atoms with Crippen LogP contribution < -0.4 is 4.74 Å². The maximum absolute atomic E-state index is 8.52. The predicted molar refractivity (Wildman–Crippen MR) is 164 cm³/mol. The number of hydrogen-bond acceptors (Lipinski definition) is 6. The summed E-state index contributed by atoms with van der Waals surface area (Å²) in [5.41, 5.74) is 5.72. The Labute approximate surface area is 242 Å². The Hall–Kier alpha value is -4.52. The van der Waals surface area contributed by atoms with Gasteiger partial charge in [0.15, 0.2) is 12.5 Å². The summed E-state index contributed by atoms with van der Waals surface area (Å²) in [6, 6.07) is 16.3. The molecule has 3 rings (SSSR count). The van der Waals surface area contributed by atoms with Crippen molar-refractivity contribution in [3.8, 4) is 16.9 Å². The highest BCUT2D eigenvalue weighted by atomic mass is 17.1. The number of allylic oxidation sites excluding steroid dienone is 11. The summed E-state index contributed by atoms with van der Waals surface area (Å²) in [6.45, 7) is 2.23. The molecule has 0 radical (unpaired) electrons. The van der Waals surface area contributed by atoms with Gasteiger partial charge in [0.05, 0.1) is 0 Å². The Morgan fingerprint density at radius 3 is 1.88 bits per heavy atom. The molecule has 0 amide bonds. The van der Waals surface area contributed by atoms with Crippen molar-refractivity contribution < 1.29 is 29.8 Å². The van der Waals surface area contributed by atoms with E-state index in [1.54, 1.807) is 0 Å². The third-order valence-corrected chi connectivity index (χ3v) is 6.33. The number of ether oxygens (including phenoxy) is 2. The van der Waals surface area contributed by atoms with Crippen LogP contribution in [0.15, 0.2) is 140 Å². The van der Waals surface area contributed by atoms with Crippen molar-refractivity contribution in [3.05, 3.63) is 145 Å². The van der Waals surface area contributed by atoms with Crippen LogP contribution in [0.1, 0.15) is 51.0 Å². The molecule has 0 spiro atoms. The second-order valence-electron chi connectivity index (χ2n) is 9.23. The molecule has 1 aliphatic rings. The Kier molecular flexibility index (Phi) is 14.2. The minimum atomic E-state index is 0.603. The first-order valence-electron chi connectivity index (χ1n) is 13.8. The summed E-state index contributed by atoms with van der Waals surface area (Å²) in [6.07, 6.45) is 29.6. The summed E-state index contributed by atoms with van der Waals surface area (Å²) >= 11 is 0. The SMILES string of the molecule is CCCCCCCC1=C(c2ccc(-c3ccc(O/C=C\OO)cc3)cc2)/C=C\C=C\C=C/C(O/C=C\OO)=C\C=C\1. The van der Waals surface area contributed by atoms with Crippen molar-refractivity contribution in [1.82, 2.24) is 0 Å². The van der Waals surface area contributed by atoms with E-state index >= 15 is 0 Å². The molecule has 0 heterocycles. The molecule has 0 unspecified atom stereocenters. The molecule has 41 heavy (non-hydrogen) atoms. The van der Waals surface area contributed by atoms with E-state index in [1.807, 2.05) is 60.7 Å². The topological polar surface area (TPSA) is 77.4 Å². The van der Waals surface area contributed by atoms with Gasteiger partial charge in [0.2, 0.25) is 0 Å². The van der Waals surface area contributed by atoms with Gasteiger partial charge in [-0.05, 0) is 65.0 Å². The minimum absolute atomic E-state index is 0.603. The van der Waals surface area contributed by atoms with Gasteiger partial charge in [0, 0.05) is 0 Å². The summed E-state index contributed by atoms with van der Waals surface area (Å²) in [5.74, 6) is 1.24. The Morgan fingerprint density at radius 1 is 0.585 bits per heavy atom. The molecule has 2 aromatic carbocycles. The van der Waals surface area contributed by atoms with Gasteiger partial charge in [-0.2, -0.15) is 0 Å². The maximum Gasteiger partial charge on any atom is 0.164 e. The lowest BCUT2D eigenvalue weighted by atomic mass is 9.93. The molecule has 0 saturated carbocycles. The van der Waals surface area contributed by atoms with E-state index in [4.69, 9.17) is 20.0 Å². The van der Waals surface area contributed by atoms with Crippen LogP contribution in [0.3, 0.4) is 0 Å². The molecule has 0 bridgehead atoms. The fourth-order valence-electron chi connectivity index (χ4n) is 4.27. The standard InChI is InChI=1S/C35H38O6/c1-2-3-4-5-8-12-31-13-11-15-33(38-25-27-40-36)14-9-6-7-10-16-35(31)32-19-17-29(18-20-32)30-21-23-34(24-22-30)39-26-28-41-37/h6-7,9-11,13-28,36-37H,2-5,8,12H2,1H3/b7-6+,9-6?,10-7?,13-11+,14-9-,15-11?,16-10-,27-25-,28-26-,31-13?,33-14?,33-15+,35-16?,35-31+. The fraction of sp³-hybridized carbons (Fsp3) is 0.200. The molecule has 2 N–H and O–H groups in total. The number of benzene rings is 2. The van der Waals surface area contributed by atoms with E-state index in [9.17, 15) is 0 Å². The summed E-state index contributed by atoms with van der Waals surface area (Å²) < 4.78 is 10.9. The van der Waals surface area contributed by atoms with Gasteiger partial charge in [0.25, 0.3) is 0 Å². The van der Waals surface area contributed by atoms with Gasteiger partial charge >= 0.3 is 0 Å². The lowest BCUT2D eigenvalue weighted by Gasteiger charge is -2.12. The molecule has 0 atom stereocenters. The van der Waals surface area contributed by atoms with E-state index in [-0.39, 0.29) is 0 Å². The average molecular weight is 555 g/mol. The molecule has 214 valence electrons. The van der Waals surface area contributed by atoms with Crippen LogP contribution in [-0.4, -0.2) is 10.5 Å².